The zero-order valence-corrected chi connectivity index (χ0v) is 19.2. The van der Waals surface area contributed by atoms with E-state index in [1.165, 1.54) is 7.11 Å². The highest BCUT2D eigenvalue weighted by Gasteiger charge is 2.48. The van der Waals surface area contributed by atoms with E-state index in [0.29, 0.717) is 31.6 Å². The van der Waals surface area contributed by atoms with Crippen molar-refractivity contribution in [2.75, 3.05) is 33.4 Å². The zero-order chi connectivity index (χ0) is 23.8. The van der Waals surface area contributed by atoms with Crippen molar-refractivity contribution < 1.29 is 19.1 Å². The van der Waals surface area contributed by atoms with Crippen molar-refractivity contribution in [3.8, 4) is 16.9 Å². The predicted molar refractivity (Wildman–Crippen MR) is 130 cm³/mol. The van der Waals surface area contributed by atoms with Crippen molar-refractivity contribution >= 4 is 11.9 Å². The summed E-state index contributed by atoms with van der Waals surface area (Å²) in [5.41, 5.74) is 4.21. The van der Waals surface area contributed by atoms with E-state index in [9.17, 15) is 9.59 Å². The maximum Gasteiger partial charge on any atom is 0.329 e. The van der Waals surface area contributed by atoms with Crippen molar-refractivity contribution in [3.63, 3.8) is 0 Å². The number of para-hydroxylation sites is 1. The third kappa shape index (κ3) is 5.11. The fraction of sp³-hybridized carbons (Fsp3) is 0.259. The Morgan fingerprint density at radius 3 is 2.38 bits per heavy atom. The molecule has 0 aromatic heterocycles. The van der Waals surface area contributed by atoms with Gasteiger partial charge in [0, 0.05) is 31.6 Å². The number of rotatable bonds is 8. The van der Waals surface area contributed by atoms with Crippen LogP contribution in [0.1, 0.15) is 16.8 Å². The number of esters is 1. The Labute approximate surface area is 199 Å². The van der Waals surface area contributed by atoms with Gasteiger partial charge in [0.1, 0.15) is 5.75 Å². The molecule has 0 radical (unpaired) electrons. The quantitative estimate of drug-likeness (QED) is 0.504. The summed E-state index contributed by atoms with van der Waals surface area (Å²) < 4.78 is 11.0. The summed E-state index contributed by atoms with van der Waals surface area (Å²) in [6.45, 7) is 1.69. The van der Waals surface area contributed by atoms with Crippen LogP contribution in [0.25, 0.3) is 11.1 Å². The molecule has 0 aliphatic carbocycles. The second kappa shape index (κ2) is 11.0. The molecule has 2 N–H and O–H groups in total. The molecule has 34 heavy (non-hydrogen) atoms. The minimum Gasteiger partial charge on any atom is -0.494 e. The van der Waals surface area contributed by atoms with Crippen LogP contribution in [0.5, 0.6) is 5.75 Å². The van der Waals surface area contributed by atoms with Gasteiger partial charge >= 0.3 is 5.97 Å². The first-order valence-electron chi connectivity index (χ1n) is 11.3. The molecule has 0 spiro atoms. The molecular weight excluding hydrogens is 430 g/mol. The van der Waals surface area contributed by atoms with Gasteiger partial charge in [0.05, 0.1) is 13.7 Å². The van der Waals surface area contributed by atoms with E-state index in [1.807, 2.05) is 78.9 Å². The van der Waals surface area contributed by atoms with Crippen LogP contribution >= 0.6 is 0 Å². The highest BCUT2D eigenvalue weighted by Crippen LogP contribution is 2.26. The molecule has 1 aliphatic heterocycles. The van der Waals surface area contributed by atoms with Gasteiger partial charge in [-0.3, -0.25) is 10.2 Å². The Bertz CT molecular complexity index is 1110. The maximum atomic E-state index is 13.4. The molecular formula is C27H29N3O4. The van der Waals surface area contributed by atoms with Gasteiger partial charge in [-0.05, 0) is 29.3 Å². The molecule has 7 nitrogen and oxygen atoms in total. The molecule has 3 aromatic rings. The van der Waals surface area contributed by atoms with Gasteiger partial charge in [0.25, 0.3) is 5.91 Å². The van der Waals surface area contributed by atoms with Crippen LogP contribution < -0.4 is 15.5 Å². The highest BCUT2D eigenvalue weighted by atomic mass is 16.5. The number of nitrogens with one attached hydrogen (secondary N) is 2. The van der Waals surface area contributed by atoms with Gasteiger partial charge < -0.3 is 14.8 Å². The maximum absolute atomic E-state index is 13.4. The highest BCUT2D eigenvalue weighted by molar-refractivity contribution is 6.00. The van der Waals surface area contributed by atoms with E-state index in [4.69, 9.17) is 9.47 Å². The largest absolute Gasteiger partial charge is 0.494 e. The fourth-order valence-corrected chi connectivity index (χ4v) is 4.24. The number of methoxy groups -OCH3 is 1. The van der Waals surface area contributed by atoms with Crippen LogP contribution in [0.15, 0.2) is 84.9 Å². The van der Waals surface area contributed by atoms with Crippen molar-refractivity contribution in [1.82, 2.24) is 15.8 Å². The molecule has 176 valence electrons. The standard InChI is InChI=1S/C27H29N3O4/c1-33-26(32)27(16-19-34-22-12-6-3-7-13-22)20-28-17-18-30(27)29-25(31)24-15-9-8-14-23(24)21-10-4-2-5-11-21/h2-15,28H,16-20H2,1H3,(H,29,31). The van der Waals surface area contributed by atoms with Crippen LogP contribution in [0.3, 0.4) is 0 Å². The number of amides is 1. The van der Waals surface area contributed by atoms with E-state index in [0.717, 1.165) is 16.9 Å². The van der Waals surface area contributed by atoms with Gasteiger partial charge in [0.15, 0.2) is 5.54 Å². The molecule has 0 bridgehead atoms. The SMILES string of the molecule is COC(=O)C1(CCOc2ccccc2)CNCCN1NC(=O)c1ccccc1-c1ccccc1. The summed E-state index contributed by atoms with van der Waals surface area (Å²) in [4.78, 5) is 26.5. The van der Waals surface area contributed by atoms with E-state index >= 15 is 0 Å². The Morgan fingerprint density at radius 2 is 1.65 bits per heavy atom. The van der Waals surface area contributed by atoms with Crippen LogP contribution in [-0.4, -0.2) is 55.8 Å². The number of carbonyl (C=O) groups is 2. The lowest BCUT2D eigenvalue weighted by Gasteiger charge is -2.44. The molecule has 3 aromatic carbocycles. The molecule has 0 saturated carbocycles. The van der Waals surface area contributed by atoms with Gasteiger partial charge in [-0.2, -0.15) is 0 Å². The average molecular weight is 460 g/mol. The number of ether oxygens (including phenoxy) is 2. The molecule has 1 aliphatic rings. The van der Waals surface area contributed by atoms with Crippen LogP contribution in [0.2, 0.25) is 0 Å². The van der Waals surface area contributed by atoms with E-state index in [1.54, 1.807) is 11.1 Å². The number of piperazine rings is 1. The molecule has 1 unspecified atom stereocenters. The Morgan fingerprint density at radius 1 is 0.971 bits per heavy atom. The van der Waals surface area contributed by atoms with Crippen LogP contribution in [-0.2, 0) is 9.53 Å². The van der Waals surface area contributed by atoms with Gasteiger partial charge in [-0.25, -0.2) is 9.80 Å². The summed E-state index contributed by atoms with van der Waals surface area (Å²) >= 11 is 0. The second-order valence-electron chi connectivity index (χ2n) is 8.12. The van der Waals surface area contributed by atoms with E-state index in [-0.39, 0.29) is 12.5 Å². The van der Waals surface area contributed by atoms with Gasteiger partial charge in [-0.1, -0.05) is 66.7 Å². The first kappa shape index (κ1) is 23.5. The second-order valence-corrected chi connectivity index (χ2v) is 8.12. The number of hydrogen-bond acceptors (Lipinski definition) is 6. The van der Waals surface area contributed by atoms with Crippen LogP contribution in [0.4, 0.5) is 0 Å². The third-order valence-corrected chi connectivity index (χ3v) is 6.03. The lowest BCUT2D eigenvalue weighted by Crippen LogP contribution is -2.70. The first-order chi connectivity index (χ1) is 16.6. The smallest absolute Gasteiger partial charge is 0.329 e. The first-order valence-corrected chi connectivity index (χ1v) is 11.3. The summed E-state index contributed by atoms with van der Waals surface area (Å²) in [6.07, 6.45) is 0.335. The van der Waals surface area contributed by atoms with Crippen LogP contribution in [0, 0.1) is 0 Å². The monoisotopic (exact) mass is 459 g/mol. The average Bonchev–Trinajstić information content (AvgIpc) is 2.90. The van der Waals surface area contributed by atoms with Crippen molar-refractivity contribution in [2.24, 2.45) is 0 Å². The minimum absolute atomic E-state index is 0.279. The van der Waals surface area contributed by atoms with E-state index < -0.39 is 11.5 Å². The summed E-state index contributed by atoms with van der Waals surface area (Å²) in [6, 6.07) is 26.6. The fourth-order valence-electron chi connectivity index (χ4n) is 4.24. The molecule has 1 fully saturated rings. The van der Waals surface area contributed by atoms with Crippen molar-refractivity contribution in [2.45, 2.75) is 12.0 Å². The Balaban J connectivity index is 1.56. The molecule has 1 heterocycles. The van der Waals surface area contributed by atoms with E-state index in [2.05, 4.69) is 10.7 Å². The van der Waals surface area contributed by atoms with Crippen molar-refractivity contribution in [1.29, 1.82) is 0 Å². The number of benzene rings is 3. The molecule has 1 amide bonds. The number of nitrogens with zero attached hydrogens (tertiary/aromatic N) is 1. The molecule has 7 heteroatoms. The van der Waals surface area contributed by atoms with Gasteiger partial charge in [-0.15, -0.1) is 0 Å². The summed E-state index contributed by atoms with van der Waals surface area (Å²) in [7, 11) is 1.36. The lowest BCUT2D eigenvalue weighted by atomic mass is 9.92. The number of hydrazine groups is 1. The number of carbonyl (C=O) groups excluding carboxylic acids is 2. The Kier molecular flexibility index (Phi) is 7.57. The minimum atomic E-state index is -1.10. The Hall–Kier alpha value is -3.68. The normalized spacial score (nSPS) is 18.1. The zero-order valence-electron chi connectivity index (χ0n) is 19.2. The molecule has 1 atom stereocenters. The summed E-state index contributed by atoms with van der Waals surface area (Å²) in [5.74, 6) is 0.0188. The lowest BCUT2D eigenvalue weighted by molar-refractivity contribution is -0.160. The van der Waals surface area contributed by atoms with Gasteiger partial charge in [0.2, 0.25) is 0 Å². The molecule has 1 saturated heterocycles. The molecule has 4 rings (SSSR count). The number of hydrogen-bond donors (Lipinski definition) is 2. The topological polar surface area (TPSA) is 79.9 Å². The third-order valence-electron chi connectivity index (χ3n) is 6.03. The van der Waals surface area contributed by atoms with Crippen molar-refractivity contribution in [3.05, 3.63) is 90.5 Å². The summed E-state index contributed by atoms with van der Waals surface area (Å²) in [5, 5.41) is 4.97. The predicted octanol–water partition coefficient (Wildman–Crippen LogP) is 3.28.